The molecular formula is C25H43N3O4. The van der Waals surface area contributed by atoms with Crippen LogP contribution in [0.2, 0.25) is 0 Å². The van der Waals surface area contributed by atoms with E-state index in [4.69, 9.17) is 0 Å². The second kappa shape index (κ2) is 18.6. The van der Waals surface area contributed by atoms with E-state index in [-0.39, 0.29) is 30.8 Å². The Hall–Kier alpha value is -1.92. The fourth-order valence-corrected chi connectivity index (χ4v) is 4.03. The van der Waals surface area contributed by atoms with Gasteiger partial charge in [-0.15, -0.1) is 5.10 Å². The van der Waals surface area contributed by atoms with Gasteiger partial charge in [-0.3, -0.25) is 9.59 Å². The van der Waals surface area contributed by atoms with E-state index in [9.17, 15) is 19.5 Å². The Bertz CT molecular complexity index is 616. The van der Waals surface area contributed by atoms with Crippen molar-refractivity contribution in [1.29, 1.82) is 0 Å². The van der Waals surface area contributed by atoms with E-state index in [1.165, 1.54) is 71.1 Å². The molecule has 0 aromatic carbocycles. The monoisotopic (exact) mass is 449 g/mol. The van der Waals surface area contributed by atoms with Crippen LogP contribution in [-0.4, -0.2) is 34.9 Å². The van der Waals surface area contributed by atoms with Crippen LogP contribution < -0.4 is 0 Å². The first kappa shape index (κ1) is 28.1. The molecule has 0 fully saturated rings. The number of ketones is 2. The third-order valence-corrected chi connectivity index (χ3v) is 6.09. The van der Waals surface area contributed by atoms with Gasteiger partial charge in [0.05, 0.1) is 11.6 Å². The van der Waals surface area contributed by atoms with Crippen molar-refractivity contribution in [3.05, 3.63) is 0 Å². The van der Waals surface area contributed by atoms with E-state index in [1.54, 1.807) is 0 Å². The molecule has 1 N–H and O–H groups in total. The van der Waals surface area contributed by atoms with Gasteiger partial charge in [0, 0.05) is 19.3 Å². The van der Waals surface area contributed by atoms with Crippen LogP contribution in [-0.2, 0) is 14.4 Å². The third kappa shape index (κ3) is 15.8. The first-order valence-electron chi connectivity index (χ1n) is 12.6. The lowest BCUT2D eigenvalue weighted by Gasteiger charge is -2.10. The summed E-state index contributed by atoms with van der Waals surface area (Å²) >= 11 is 0. The van der Waals surface area contributed by atoms with E-state index in [0.29, 0.717) is 13.0 Å². The smallest absolute Gasteiger partial charge is 0.306 e. The zero-order chi connectivity index (χ0) is 23.4. The molecule has 1 aliphatic rings. The minimum atomic E-state index is -0.970. The summed E-state index contributed by atoms with van der Waals surface area (Å²) in [5.74, 6) is -1.70. The number of hydrogen-bond acceptors (Lipinski definition) is 6. The Morgan fingerprint density at radius 2 is 1.34 bits per heavy atom. The predicted octanol–water partition coefficient (Wildman–Crippen LogP) is 6.69. The molecule has 32 heavy (non-hydrogen) atoms. The van der Waals surface area contributed by atoms with Crippen molar-refractivity contribution in [2.24, 2.45) is 21.4 Å². The zero-order valence-electron chi connectivity index (χ0n) is 20.0. The van der Waals surface area contributed by atoms with Crippen LogP contribution in [0.3, 0.4) is 0 Å². The lowest BCUT2D eigenvalue weighted by molar-refractivity contribution is -0.144. The number of carboxylic acids is 1. The Morgan fingerprint density at radius 1 is 0.812 bits per heavy atom. The highest BCUT2D eigenvalue weighted by molar-refractivity contribution is 5.87. The van der Waals surface area contributed by atoms with Gasteiger partial charge in [0.2, 0.25) is 0 Å². The highest BCUT2D eigenvalue weighted by Gasteiger charge is 2.21. The van der Waals surface area contributed by atoms with Crippen LogP contribution in [0, 0.1) is 5.92 Å². The Balaban J connectivity index is 1.83. The van der Waals surface area contributed by atoms with Gasteiger partial charge < -0.3 is 9.90 Å². The predicted molar refractivity (Wildman–Crippen MR) is 127 cm³/mol. The summed E-state index contributed by atoms with van der Waals surface area (Å²) in [6.45, 7) is 2.15. The second-order valence-electron chi connectivity index (χ2n) is 9.17. The fourth-order valence-electron chi connectivity index (χ4n) is 4.03. The van der Waals surface area contributed by atoms with Crippen molar-refractivity contribution < 1.29 is 19.5 Å². The van der Waals surface area contributed by atoms with Crippen LogP contribution in [0.15, 0.2) is 15.4 Å². The summed E-state index contributed by atoms with van der Waals surface area (Å²) in [4.78, 5) is 34.3. The number of aliphatic carboxylic acids is 1. The van der Waals surface area contributed by atoms with E-state index in [1.807, 2.05) is 0 Å². The van der Waals surface area contributed by atoms with Gasteiger partial charge in [0.15, 0.2) is 0 Å². The molecular weight excluding hydrogens is 406 g/mol. The van der Waals surface area contributed by atoms with E-state index in [0.717, 1.165) is 31.4 Å². The Labute approximate surface area is 193 Å². The molecule has 0 radical (unpaired) electrons. The number of carboxylic acid groups (broad SMARTS) is 1. The fraction of sp³-hybridized carbons (Fsp3) is 0.840. The zero-order valence-corrected chi connectivity index (χ0v) is 20.0. The molecule has 0 spiro atoms. The molecule has 0 unspecified atom stereocenters. The summed E-state index contributed by atoms with van der Waals surface area (Å²) in [7, 11) is 0. The molecule has 0 aromatic heterocycles. The molecule has 0 amide bonds. The van der Waals surface area contributed by atoms with Gasteiger partial charge in [0.1, 0.15) is 18.1 Å². The first-order valence-corrected chi connectivity index (χ1v) is 12.6. The van der Waals surface area contributed by atoms with Crippen molar-refractivity contribution in [1.82, 2.24) is 0 Å². The quantitative estimate of drug-likeness (QED) is 0.186. The normalized spacial score (nSPS) is 13.8. The molecule has 0 bridgehead atoms. The average molecular weight is 450 g/mol. The molecule has 1 rings (SSSR count). The van der Waals surface area contributed by atoms with Gasteiger partial charge in [-0.1, -0.05) is 70.6 Å². The molecule has 0 saturated heterocycles. The number of rotatable bonds is 22. The number of hydrogen-bond donors (Lipinski definition) is 1. The average Bonchev–Trinajstić information content (AvgIpc) is 3.27. The van der Waals surface area contributed by atoms with Crippen molar-refractivity contribution in [3.8, 4) is 0 Å². The molecule has 1 heterocycles. The molecule has 0 saturated carbocycles. The highest BCUT2D eigenvalue weighted by Crippen LogP contribution is 2.17. The van der Waals surface area contributed by atoms with Crippen LogP contribution in [0.1, 0.15) is 122 Å². The Morgan fingerprint density at radius 3 is 1.81 bits per heavy atom. The van der Waals surface area contributed by atoms with Crippen molar-refractivity contribution in [2.75, 3.05) is 6.54 Å². The maximum atomic E-state index is 12.0. The minimum absolute atomic E-state index is 0.0132. The molecule has 0 aliphatic carbocycles. The maximum absolute atomic E-state index is 12.0. The number of unbranched alkanes of at least 4 members (excludes halogenated alkanes) is 12. The highest BCUT2D eigenvalue weighted by atomic mass is 16.4. The van der Waals surface area contributed by atoms with Gasteiger partial charge in [-0.05, 0) is 37.8 Å². The standard InChI is InChI=1S/C25H43N3O4/c1-21(29)17-18-22(25(31)32)19-24(30)16-14-12-10-8-6-4-2-3-5-7-9-11-13-15-23-20-26-28-27-23/h22H,2-20H2,1H3,(H,31,32)/t22-/m1/s1. The van der Waals surface area contributed by atoms with Gasteiger partial charge in [-0.2, -0.15) is 5.11 Å². The van der Waals surface area contributed by atoms with Crippen LogP contribution in [0.25, 0.3) is 0 Å². The molecule has 0 aromatic rings. The molecule has 7 nitrogen and oxygen atoms in total. The topological polar surface area (TPSA) is 109 Å². The van der Waals surface area contributed by atoms with E-state index < -0.39 is 11.9 Å². The van der Waals surface area contributed by atoms with Crippen LogP contribution in [0.4, 0.5) is 0 Å². The van der Waals surface area contributed by atoms with E-state index >= 15 is 0 Å². The maximum Gasteiger partial charge on any atom is 0.306 e. The van der Waals surface area contributed by atoms with Crippen molar-refractivity contribution in [3.63, 3.8) is 0 Å². The van der Waals surface area contributed by atoms with Crippen LogP contribution >= 0.6 is 0 Å². The van der Waals surface area contributed by atoms with Crippen molar-refractivity contribution in [2.45, 2.75) is 122 Å². The third-order valence-electron chi connectivity index (χ3n) is 6.09. The lowest BCUT2D eigenvalue weighted by Crippen LogP contribution is -2.18. The summed E-state index contributed by atoms with van der Waals surface area (Å²) < 4.78 is 0. The molecule has 182 valence electrons. The van der Waals surface area contributed by atoms with Gasteiger partial charge in [0.25, 0.3) is 0 Å². The molecule has 1 aliphatic heterocycles. The largest absolute Gasteiger partial charge is 0.481 e. The van der Waals surface area contributed by atoms with Gasteiger partial charge >= 0.3 is 5.97 Å². The van der Waals surface area contributed by atoms with Crippen molar-refractivity contribution >= 4 is 23.2 Å². The molecule has 1 atom stereocenters. The van der Waals surface area contributed by atoms with Gasteiger partial charge in [-0.25, -0.2) is 0 Å². The summed E-state index contributed by atoms with van der Waals surface area (Å²) in [5.41, 5.74) is 1.13. The summed E-state index contributed by atoms with van der Waals surface area (Å²) in [6.07, 6.45) is 17.9. The number of Topliss-reactive ketones (excluding diaryl/α,β-unsaturated/α-hetero) is 2. The number of carbonyl (C=O) groups is 3. The number of carbonyl (C=O) groups excluding carboxylic acids is 2. The first-order chi connectivity index (χ1) is 15.5. The van der Waals surface area contributed by atoms with E-state index in [2.05, 4.69) is 15.4 Å². The molecule has 7 heteroatoms. The Kier molecular flexibility index (Phi) is 16.4. The minimum Gasteiger partial charge on any atom is -0.481 e. The summed E-state index contributed by atoms with van der Waals surface area (Å²) in [6, 6.07) is 0. The lowest BCUT2D eigenvalue weighted by atomic mass is 9.94. The second-order valence-corrected chi connectivity index (χ2v) is 9.17. The van der Waals surface area contributed by atoms with Crippen LogP contribution in [0.5, 0.6) is 0 Å². The summed E-state index contributed by atoms with van der Waals surface area (Å²) in [5, 5.41) is 20.7. The number of nitrogens with zero attached hydrogens (tertiary/aromatic N) is 3. The SMILES string of the molecule is CC(=O)CC[C@H](CC(=O)CCCCCCCCCCCCCCCC1=NN=NC1)C(=O)O.